The fraction of sp³-hybridized carbons (Fsp3) is 0.438. The summed E-state index contributed by atoms with van der Waals surface area (Å²) in [5.74, 6) is 0.826. The maximum atomic E-state index is 4.33. The maximum absolute atomic E-state index is 4.33. The third-order valence-corrected chi connectivity index (χ3v) is 4.07. The average Bonchev–Trinajstić information content (AvgIpc) is 3.08. The summed E-state index contributed by atoms with van der Waals surface area (Å²) in [4.78, 5) is 4.33. The predicted molar refractivity (Wildman–Crippen MR) is 78.0 cm³/mol. The quantitative estimate of drug-likeness (QED) is 0.910. The zero-order valence-electron chi connectivity index (χ0n) is 11.5. The van der Waals surface area contributed by atoms with Crippen LogP contribution in [-0.4, -0.2) is 22.6 Å². The first-order chi connectivity index (χ1) is 9.34. The highest BCUT2D eigenvalue weighted by atomic mass is 15.0. The van der Waals surface area contributed by atoms with Gasteiger partial charge in [-0.05, 0) is 44.3 Å². The summed E-state index contributed by atoms with van der Waals surface area (Å²) in [6.45, 7) is 5.58. The normalized spacial score (nSPS) is 18.9. The van der Waals surface area contributed by atoms with Crippen molar-refractivity contribution >= 4 is 0 Å². The zero-order valence-corrected chi connectivity index (χ0v) is 11.5. The fourth-order valence-corrected chi connectivity index (χ4v) is 2.87. The number of hydrogen-bond donors (Lipinski definition) is 1. The van der Waals surface area contributed by atoms with Gasteiger partial charge in [-0.2, -0.15) is 0 Å². The highest BCUT2D eigenvalue weighted by molar-refractivity contribution is 5.63. The van der Waals surface area contributed by atoms with Crippen LogP contribution in [0.3, 0.4) is 0 Å². The maximum Gasteiger partial charge on any atom is 0.0950 e. The molecule has 1 atom stereocenters. The van der Waals surface area contributed by atoms with Gasteiger partial charge >= 0.3 is 0 Å². The van der Waals surface area contributed by atoms with E-state index in [0.717, 1.165) is 12.5 Å². The molecular weight excluding hydrogens is 234 g/mol. The van der Waals surface area contributed by atoms with Gasteiger partial charge in [-0.15, -0.1) is 0 Å². The number of hydrogen-bond acceptors (Lipinski definition) is 2. The Morgan fingerprint density at radius 2 is 2.26 bits per heavy atom. The van der Waals surface area contributed by atoms with Gasteiger partial charge in [-0.25, -0.2) is 4.98 Å². The summed E-state index contributed by atoms with van der Waals surface area (Å²) < 4.78 is 2.29. The highest BCUT2D eigenvalue weighted by Crippen LogP contribution is 2.24. The minimum Gasteiger partial charge on any atom is -0.331 e. The van der Waals surface area contributed by atoms with E-state index < -0.39 is 0 Å². The summed E-state index contributed by atoms with van der Waals surface area (Å²) in [6, 6.07) is 8.53. The second-order valence-electron chi connectivity index (χ2n) is 5.43. The summed E-state index contributed by atoms with van der Waals surface area (Å²) >= 11 is 0. The molecule has 1 aliphatic rings. The zero-order chi connectivity index (χ0) is 13.1. The molecule has 0 spiro atoms. The van der Waals surface area contributed by atoms with Crippen molar-refractivity contribution in [2.45, 2.75) is 26.3 Å². The van der Waals surface area contributed by atoms with Crippen molar-refractivity contribution in [1.29, 1.82) is 0 Å². The monoisotopic (exact) mass is 255 g/mol. The van der Waals surface area contributed by atoms with Crippen molar-refractivity contribution < 1.29 is 0 Å². The van der Waals surface area contributed by atoms with E-state index in [2.05, 4.69) is 46.1 Å². The number of nitrogens with zero attached hydrogens (tertiary/aromatic N) is 2. The van der Waals surface area contributed by atoms with E-state index in [0.29, 0.717) is 0 Å². The lowest BCUT2D eigenvalue weighted by atomic mass is 10.0. The molecule has 19 heavy (non-hydrogen) atoms. The van der Waals surface area contributed by atoms with E-state index in [4.69, 9.17) is 0 Å². The molecule has 1 aliphatic heterocycles. The van der Waals surface area contributed by atoms with Gasteiger partial charge in [0.05, 0.1) is 18.2 Å². The third kappa shape index (κ3) is 2.71. The molecule has 100 valence electrons. The molecular formula is C16H21N3. The predicted octanol–water partition coefficient (Wildman–Crippen LogP) is 2.86. The van der Waals surface area contributed by atoms with E-state index >= 15 is 0 Å². The van der Waals surface area contributed by atoms with Gasteiger partial charge in [0.25, 0.3) is 0 Å². The van der Waals surface area contributed by atoms with Crippen LogP contribution < -0.4 is 5.32 Å². The van der Waals surface area contributed by atoms with Crippen LogP contribution >= 0.6 is 0 Å². The van der Waals surface area contributed by atoms with E-state index in [1.807, 2.05) is 12.5 Å². The smallest absolute Gasteiger partial charge is 0.0950 e. The Hall–Kier alpha value is -1.61. The number of benzene rings is 1. The van der Waals surface area contributed by atoms with Gasteiger partial charge < -0.3 is 9.88 Å². The van der Waals surface area contributed by atoms with Crippen LogP contribution in [0, 0.1) is 12.8 Å². The molecule has 0 saturated carbocycles. The molecule has 1 unspecified atom stereocenters. The van der Waals surface area contributed by atoms with Crippen molar-refractivity contribution in [3.05, 3.63) is 42.4 Å². The number of aryl methyl sites for hydroxylation is 2. The molecule has 1 aromatic heterocycles. The van der Waals surface area contributed by atoms with Gasteiger partial charge in [-0.3, -0.25) is 0 Å². The first kappa shape index (κ1) is 12.4. The van der Waals surface area contributed by atoms with E-state index in [9.17, 15) is 0 Å². The molecule has 0 bridgehead atoms. The molecule has 1 fully saturated rings. The summed E-state index contributed by atoms with van der Waals surface area (Å²) in [5, 5.41) is 3.43. The van der Waals surface area contributed by atoms with Crippen molar-refractivity contribution in [2.75, 3.05) is 13.1 Å². The fourth-order valence-electron chi connectivity index (χ4n) is 2.87. The molecule has 1 N–H and O–H groups in total. The standard InChI is InChI=1S/C16H21N3/c1-13-4-2-3-5-15(13)16-11-18-12-19(16)9-7-14-6-8-17-10-14/h2-5,11-12,14,17H,6-10H2,1H3. The topological polar surface area (TPSA) is 29.9 Å². The lowest BCUT2D eigenvalue weighted by molar-refractivity contribution is 0.481. The van der Waals surface area contributed by atoms with Crippen LogP contribution in [0.4, 0.5) is 0 Å². The van der Waals surface area contributed by atoms with Crippen LogP contribution in [-0.2, 0) is 6.54 Å². The van der Waals surface area contributed by atoms with Crippen molar-refractivity contribution in [3.8, 4) is 11.3 Å². The number of rotatable bonds is 4. The molecule has 0 radical (unpaired) electrons. The molecule has 3 nitrogen and oxygen atoms in total. The molecule has 0 aliphatic carbocycles. The van der Waals surface area contributed by atoms with Gasteiger partial charge in [0.1, 0.15) is 0 Å². The SMILES string of the molecule is Cc1ccccc1-c1cncn1CCC1CCNC1. The summed E-state index contributed by atoms with van der Waals surface area (Å²) in [6.07, 6.45) is 6.50. The van der Waals surface area contributed by atoms with Crippen molar-refractivity contribution in [3.63, 3.8) is 0 Å². The van der Waals surface area contributed by atoms with Crippen LogP contribution in [0.2, 0.25) is 0 Å². The average molecular weight is 255 g/mol. The second kappa shape index (κ2) is 5.57. The third-order valence-electron chi connectivity index (χ3n) is 4.07. The number of imidazole rings is 1. The first-order valence-corrected chi connectivity index (χ1v) is 7.11. The van der Waals surface area contributed by atoms with Crippen LogP contribution in [0.1, 0.15) is 18.4 Å². The Morgan fingerprint density at radius 1 is 1.37 bits per heavy atom. The first-order valence-electron chi connectivity index (χ1n) is 7.11. The Bertz CT molecular complexity index is 538. The molecule has 3 heteroatoms. The summed E-state index contributed by atoms with van der Waals surface area (Å²) in [7, 11) is 0. The van der Waals surface area contributed by atoms with Crippen LogP contribution in [0.15, 0.2) is 36.8 Å². The largest absolute Gasteiger partial charge is 0.331 e. The van der Waals surface area contributed by atoms with E-state index in [-0.39, 0.29) is 0 Å². The minimum absolute atomic E-state index is 0.826. The molecule has 2 aromatic rings. The van der Waals surface area contributed by atoms with Gasteiger partial charge in [0.2, 0.25) is 0 Å². The van der Waals surface area contributed by atoms with Gasteiger partial charge in [0.15, 0.2) is 0 Å². The van der Waals surface area contributed by atoms with Crippen molar-refractivity contribution in [1.82, 2.24) is 14.9 Å². The lowest BCUT2D eigenvalue weighted by Crippen LogP contribution is -2.11. The molecule has 1 aromatic carbocycles. The summed E-state index contributed by atoms with van der Waals surface area (Å²) in [5.41, 5.74) is 3.85. The Kier molecular flexibility index (Phi) is 3.65. The Labute approximate surface area is 114 Å². The Balaban J connectivity index is 1.76. The van der Waals surface area contributed by atoms with Gasteiger partial charge in [-0.1, -0.05) is 24.3 Å². The molecule has 1 saturated heterocycles. The molecule has 2 heterocycles. The van der Waals surface area contributed by atoms with Crippen molar-refractivity contribution in [2.24, 2.45) is 5.92 Å². The lowest BCUT2D eigenvalue weighted by Gasteiger charge is -2.12. The molecule has 0 amide bonds. The van der Waals surface area contributed by atoms with E-state index in [1.165, 1.54) is 42.8 Å². The second-order valence-corrected chi connectivity index (χ2v) is 5.43. The number of nitrogens with one attached hydrogen (secondary N) is 1. The van der Waals surface area contributed by atoms with E-state index in [1.54, 1.807) is 0 Å². The van der Waals surface area contributed by atoms with Crippen LogP contribution in [0.5, 0.6) is 0 Å². The Morgan fingerprint density at radius 3 is 3.05 bits per heavy atom. The van der Waals surface area contributed by atoms with Gasteiger partial charge in [0, 0.05) is 12.1 Å². The number of aromatic nitrogens is 2. The van der Waals surface area contributed by atoms with Crippen LogP contribution in [0.25, 0.3) is 11.3 Å². The molecule has 3 rings (SSSR count). The highest BCUT2D eigenvalue weighted by Gasteiger charge is 2.15. The minimum atomic E-state index is 0.826.